The van der Waals surface area contributed by atoms with Gasteiger partial charge in [-0.05, 0) is 6.07 Å². The Labute approximate surface area is 135 Å². The minimum absolute atomic E-state index is 0.0601. The van der Waals surface area contributed by atoms with Crippen LogP contribution in [0.25, 0.3) is 0 Å². The highest BCUT2D eigenvalue weighted by atomic mass is 19.4. The number of hydrogen-bond acceptors (Lipinski definition) is 4. The molecule has 0 saturated carbocycles. The van der Waals surface area contributed by atoms with E-state index in [0.29, 0.717) is 22.5 Å². The molecule has 9 heteroatoms. The summed E-state index contributed by atoms with van der Waals surface area (Å²) in [7, 11) is 0. The summed E-state index contributed by atoms with van der Waals surface area (Å²) in [6.45, 7) is 5.13. The van der Waals surface area contributed by atoms with E-state index in [-0.39, 0.29) is 11.3 Å². The molecule has 0 aliphatic carbocycles. The first-order valence-corrected chi connectivity index (χ1v) is 7.01. The molecule has 24 heavy (non-hydrogen) atoms. The predicted octanol–water partition coefficient (Wildman–Crippen LogP) is 2.79. The molecule has 0 atom stereocenters. The number of carbonyl (C=O) groups is 1. The Bertz CT molecular complexity index is 801. The summed E-state index contributed by atoms with van der Waals surface area (Å²) in [4.78, 5) is 23.5. The molecule has 2 aromatic rings. The Hall–Kier alpha value is -2.58. The monoisotopic (exact) mass is 343 g/mol. The van der Waals surface area contributed by atoms with Crippen molar-refractivity contribution in [3.8, 4) is 0 Å². The van der Waals surface area contributed by atoms with E-state index in [4.69, 9.17) is 4.52 Å². The van der Waals surface area contributed by atoms with Gasteiger partial charge < -0.3 is 9.09 Å². The summed E-state index contributed by atoms with van der Waals surface area (Å²) in [5, 5.41) is 6.16. The minimum Gasteiger partial charge on any atom is -0.338 e. The third-order valence-electron chi connectivity index (χ3n) is 3.17. The fourth-order valence-electron chi connectivity index (χ4n) is 1.84. The molecule has 0 aromatic carbocycles. The average molecular weight is 343 g/mol. The van der Waals surface area contributed by atoms with Crippen molar-refractivity contribution < 1.29 is 22.5 Å². The highest BCUT2D eigenvalue weighted by Crippen LogP contribution is 2.28. The second kappa shape index (κ2) is 6.14. The predicted molar refractivity (Wildman–Crippen MR) is 79.5 cm³/mol. The van der Waals surface area contributed by atoms with E-state index in [1.54, 1.807) is 0 Å². The highest BCUT2D eigenvalue weighted by molar-refractivity contribution is 5.89. The summed E-state index contributed by atoms with van der Waals surface area (Å²) in [5.74, 6) is -0.641. The fraction of sp³-hybridized carbons (Fsp3) is 0.400. The van der Waals surface area contributed by atoms with E-state index in [2.05, 4.69) is 10.5 Å². The molecule has 0 fully saturated rings. The lowest BCUT2D eigenvalue weighted by atomic mass is 9.92. The Balaban J connectivity index is 2.13. The number of hydrogen-bond donors (Lipinski definition) is 1. The van der Waals surface area contributed by atoms with Crippen LogP contribution in [0, 0.1) is 0 Å². The van der Waals surface area contributed by atoms with Crippen LogP contribution in [0.1, 0.15) is 32.0 Å². The average Bonchev–Trinajstić information content (AvgIpc) is 2.88. The van der Waals surface area contributed by atoms with E-state index >= 15 is 0 Å². The zero-order valence-electron chi connectivity index (χ0n) is 13.3. The van der Waals surface area contributed by atoms with Crippen LogP contribution in [-0.2, 0) is 22.9 Å². The molecule has 6 nitrogen and oxygen atoms in total. The van der Waals surface area contributed by atoms with Crippen molar-refractivity contribution in [3.63, 3.8) is 0 Å². The lowest BCUT2D eigenvalue weighted by molar-refractivity contribution is -0.138. The van der Waals surface area contributed by atoms with Crippen LogP contribution >= 0.6 is 0 Å². The van der Waals surface area contributed by atoms with Crippen molar-refractivity contribution in [1.82, 2.24) is 9.72 Å². The van der Waals surface area contributed by atoms with Crippen molar-refractivity contribution in [3.05, 3.63) is 46.0 Å². The van der Waals surface area contributed by atoms with Crippen LogP contribution in [0.15, 0.2) is 33.7 Å². The number of anilines is 1. The van der Waals surface area contributed by atoms with Crippen LogP contribution in [0.3, 0.4) is 0 Å². The maximum absolute atomic E-state index is 12.7. The smallest absolute Gasteiger partial charge is 0.338 e. The van der Waals surface area contributed by atoms with Gasteiger partial charge in [-0.15, -0.1) is 0 Å². The number of halogens is 3. The van der Waals surface area contributed by atoms with Gasteiger partial charge in [0.2, 0.25) is 11.8 Å². The zero-order valence-corrected chi connectivity index (χ0v) is 13.3. The van der Waals surface area contributed by atoms with Crippen molar-refractivity contribution >= 4 is 11.8 Å². The van der Waals surface area contributed by atoms with Gasteiger partial charge in [0, 0.05) is 23.7 Å². The molecule has 0 saturated heterocycles. The molecule has 130 valence electrons. The molecule has 0 aliphatic rings. The van der Waals surface area contributed by atoms with Gasteiger partial charge in [-0.3, -0.25) is 14.9 Å². The third kappa shape index (κ3) is 4.24. The minimum atomic E-state index is -4.60. The molecule has 0 aliphatic heterocycles. The number of carbonyl (C=O) groups excluding carboxylic acids is 1. The lowest BCUT2D eigenvalue weighted by Crippen LogP contribution is -2.28. The topological polar surface area (TPSA) is 77.1 Å². The quantitative estimate of drug-likeness (QED) is 0.930. The Morgan fingerprint density at radius 1 is 1.29 bits per heavy atom. The number of amides is 1. The van der Waals surface area contributed by atoms with Crippen molar-refractivity contribution in [2.24, 2.45) is 0 Å². The molecule has 0 bridgehead atoms. The van der Waals surface area contributed by atoms with Gasteiger partial charge >= 0.3 is 6.18 Å². The molecule has 2 aromatic heterocycles. The number of rotatable bonds is 3. The Kier molecular flexibility index (Phi) is 4.54. The number of nitrogens with zero attached hydrogens (tertiary/aromatic N) is 2. The third-order valence-corrected chi connectivity index (χ3v) is 3.17. The van der Waals surface area contributed by atoms with Gasteiger partial charge in [0.15, 0.2) is 0 Å². The van der Waals surface area contributed by atoms with Gasteiger partial charge in [-0.25, -0.2) is 0 Å². The second-order valence-electron chi connectivity index (χ2n) is 6.26. The molecule has 1 amide bonds. The standard InChI is InChI=1S/C15H16F3N3O3/c1-14(2,3)10-6-12(24-20-10)19-11(22)8-21-7-9(15(16,17)18)4-5-13(21)23/h4-7H,8H2,1-3H3,(H,19,22). The molecule has 0 radical (unpaired) electrons. The second-order valence-corrected chi connectivity index (χ2v) is 6.26. The van der Waals surface area contributed by atoms with Gasteiger partial charge in [-0.1, -0.05) is 25.9 Å². The van der Waals surface area contributed by atoms with Crippen LogP contribution in [0.4, 0.5) is 19.1 Å². The maximum atomic E-state index is 12.7. The van der Waals surface area contributed by atoms with E-state index < -0.39 is 29.8 Å². The summed E-state index contributed by atoms with van der Waals surface area (Å²) in [5.41, 5.74) is -1.41. The highest BCUT2D eigenvalue weighted by Gasteiger charge is 2.31. The van der Waals surface area contributed by atoms with Crippen molar-refractivity contribution in [2.75, 3.05) is 5.32 Å². The molecule has 2 rings (SSSR count). The first kappa shape index (κ1) is 17.8. The van der Waals surface area contributed by atoms with Crippen LogP contribution in [0.2, 0.25) is 0 Å². The summed E-state index contributed by atoms with van der Waals surface area (Å²) < 4.78 is 43.6. The fourth-order valence-corrected chi connectivity index (χ4v) is 1.84. The van der Waals surface area contributed by atoms with Gasteiger partial charge in [-0.2, -0.15) is 13.2 Å². The Morgan fingerprint density at radius 2 is 1.96 bits per heavy atom. The number of pyridine rings is 1. The number of nitrogens with one attached hydrogen (secondary N) is 1. The van der Waals surface area contributed by atoms with Crippen LogP contribution in [0.5, 0.6) is 0 Å². The summed E-state index contributed by atoms with van der Waals surface area (Å²) >= 11 is 0. The molecule has 2 heterocycles. The largest absolute Gasteiger partial charge is 0.417 e. The molecule has 0 unspecified atom stereocenters. The van der Waals surface area contributed by atoms with Crippen molar-refractivity contribution in [1.29, 1.82) is 0 Å². The summed E-state index contributed by atoms with van der Waals surface area (Å²) in [6, 6.07) is 2.96. The lowest BCUT2D eigenvalue weighted by Gasteiger charge is -2.12. The van der Waals surface area contributed by atoms with Gasteiger partial charge in [0.05, 0.1) is 11.3 Å². The summed E-state index contributed by atoms with van der Waals surface area (Å²) in [6.07, 6.45) is -4.00. The van der Waals surface area contributed by atoms with Gasteiger partial charge in [0.1, 0.15) is 6.54 Å². The molecular formula is C15H16F3N3O3. The first-order chi connectivity index (χ1) is 11.0. The number of alkyl halides is 3. The van der Waals surface area contributed by atoms with E-state index in [0.717, 1.165) is 6.07 Å². The first-order valence-electron chi connectivity index (χ1n) is 7.01. The Morgan fingerprint density at radius 3 is 2.50 bits per heavy atom. The SMILES string of the molecule is CC(C)(C)c1cc(NC(=O)Cn2cc(C(F)(F)F)ccc2=O)on1. The van der Waals surface area contributed by atoms with Gasteiger partial charge in [0.25, 0.3) is 5.56 Å². The van der Waals surface area contributed by atoms with E-state index in [9.17, 15) is 22.8 Å². The zero-order chi connectivity index (χ0) is 18.1. The van der Waals surface area contributed by atoms with E-state index in [1.807, 2.05) is 20.8 Å². The van der Waals surface area contributed by atoms with Crippen LogP contribution in [-0.4, -0.2) is 15.6 Å². The normalized spacial score (nSPS) is 12.2. The maximum Gasteiger partial charge on any atom is 0.417 e. The number of aromatic nitrogens is 2. The van der Waals surface area contributed by atoms with E-state index in [1.165, 1.54) is 6.07 Å². The molecule has 0 spiro atoms. The molecule has 1 N–H and O–H groups in total. The molecular weight excluding hydrogens is 327 g/mol. The van der Waals surface area contributed by atoms with Crippen LogP contribution < -0.4 is 10.9 Å². The van der Waals surface area contributed by atoms with Crippen molar-refractivity contribution in [2.45, 2.75) is 38.9 Å².